The monoisotopic (exact) mass is 299 g/mol. The lowest BCUT2D eigenvalue weighted by molar-refractivity contribution is 0.446. The predicted octanol–water partition coefficient (Wildman–Crippen LogP) is 4.21. The molecule has 0 unspecified atom stereocenters. The zero-order chi connectivity index (χ0) is 14.8. The fraction of sp³-hybridized carbons (Fsp3) is 0.0625. The SMILES string of the molecule is Cc1cc(Oc2ccccc2N)n(-c2ccccc2Cl)n1. The first kappa shape index (κ1) is 13.5. The highest BCUT2D eigenvalue weighted by molar-refractivity contribution is 6.32. The molecule has 2 aromatic carbocycles. The summed E-state index contributed by atoms with van der Waals surface area (Å²) in [5.41, 5.74) is 8.08. The number of para-hydroxylation sites is 3. The van der Waals surface area contributed by atoms with E-state index in [0.29, 0.717) is 22.3 Å². The Balaban J connectivity index is 2.05. The average molecular weight is 300 g/mol. The van der Waals surface area contributed by atoms with Crippen molar-refractivity contribution < 1.29 is 4.74 Å². The van der Waals surface area contributed by atoms with Crippen molar-refractivity contribution in [3.8, 4) is 17.3 Å². The number of aromatic nitrogens is 2. The van der Waals surface area contributed by atoms with E-state index in [2.05, 4.69) is 5.10 Å². The maximum absolute atomic E-state index is 6.23. The summed E-state index contributed by atoms with van der Waals surface area (Å²) < 4.78 is 7.56. The Hall–Kier alpha value is -2.46. The van der Waals surface area contributed by atoms with Gasteiger partial charge in [0.15, 0.2) is 5.75 Å². The van der Waals surface area contributed by atoms with Crippen LogP contribution in [-0.4, -0.2) is 9.78 Å². The number of ether oxygens (including phenoxy) is 1. The molecular weight excluding hydrogens is 286 g/mol. The number of hydrogen-bond acceptors (Lipinski definition) is 3. The molecule has 0 amide bonds. The van der Waals surface area contributed by atoms with Gasteiger partial charge in [0.25, 0.3) is 0 Å². The second-order valence-corrected chi connectivity index (χ2v) is 5.03. The minimum Gasteiger partial charge on any atom is -0.437 e. The van der Waals surface area contributed by atoms with Crippen LogP contribution in [0.2, 0.25) is 5.02 Å². The normalized spacial score (nSPS) is 10.6. The third-order valence-corrected chi connectivity index (χ3v) is 3.33. The van der Waals surface area contributed by atoms with Crippen molar-refractivity contribution in [2.45, 2.75) is 6.92 Å². The molecule has 0 spiro atoms. The number of anilines is 1. The average Bonchev–Trinajstić information content (AvgIpc) is 2.82. The molecular formula is C16H14ClN3O. The van der Waals surface area contributed by atoms with Crippen molar-refractivity contribution in [2.24, 2.45) is 0 Å². The van der Waals surface area contributed by atoms with Gasteiger partial charge in [-0.05, 0) is 31.2 Å². The van der Waals surface area contributed by atoms with E-state index in [0.717, 1.165) is 11.4 Å². The summed E-state index contributed by atoms with van der Waals surface area (Å²) in [5, 5.41) is 5.04. The molecule has 0 fully saturated rings. The Labute approximate surface area is 127 Å². The topological polar surface area (TPSA) is 53.1 Å². The first-order valence-electron chi connectivity index (χ1n) is 6.49. The number of aryl methyl sites for hydroxylation is 1. The summed E-state index contributed by atoms with van der Waals surface area (Å²) in [6.45, 7) is 1.90. The summed E-state index contributed by atoms with van der Waals surface area (Å²) in [7, 11) is 0. The van der Waals surface area contributed by atoms with E-state index in [4.69, 9.17) is 22.1 Å². The second-order valence-electron chi connectivity index (χ2n) is 4.63. The summed E-state index contributed by atoms with van der Waals surface area (Å²) in [6, 6.07) is 16.7. The Morgan fingerprint density at radius 1 is 1.10 bits per heavy atom. The lowest BCUT2D eigenvalue weighted by Gasteiger charge is -2.11. The van der Waals surface area contributed by atoms with Gasteiger partial charge in [0, 0.05) is 6.07 Å². The Kier molecular flexibility index (Phi) is 3.54. The molecule has 0 saturated carbocycles. The quantitative estimate of drug-likeness (QED) is 0.737. The van der Waals surface area contributed by atoms with Crippen LogP contribution < -0.4 is 10.5 Å². The Bertz CT molecular complexity index is 783. The van der Waals surface area contributed by atoms with Crippen LogP contribution in [0.4, 0.5) is 5.69 Å². The molecule has 3 aromatic rings. The largest absolute Gasteiger partial charge is 0.437 e. The van der Waals surface area contributed by atoms with Crippen LogP contribution in [0.25, 0.3) is 5.69 Å². The molecule has 0 aliphatic rings. The fourth-order valence-corrected chi connectivity index (χ4v) is 2.25. The van der Waals surface area contributed by atoms with Gasteiger partial charge in [-0.3, -0.25) is 0 Å². The van der Waals surface area contributed by atoms with Gasteiger partial charge in [-0.25, -0.2) is 0 Å². The molecule has 0 atom stereocenters. The van der Waals surface area contributed by atoms with E-state index in [1.807, 2.05) is 55.5 Å². The van der Waals surface area contributed by atoms with E-state index in [9.17, 15) is 0 Å². The van der Waals surface area contributed by atoms with Crippen LogP contribution in [0.1, 0.15) is 5.69 Å². The molecule has 106 valence electrons. The molecule has 3 rings (SSSR count). The van der Waals surface area contributed by atoms with Crippen LogP contribution in [-0.2, 0) is 0 Å². The van der Waals surface area contributed by atoms with Crippen molar-refractivity contribution in [1.29, 1.82) is 0 Å². The van der Waals surface area contributed by atoms with Crippen molar-refractivity contribution in [3.63, 3.8) is 0 Å². The van der Waals surface area contributed by atoms with Gasteiger partial charge in [-0.1, -0.05) is 35.9 Å². The van der Waals surface area contributed by atoms with Crippen LogP contribution in [0.15, 0.2) is 54.6 Å². The maximum Gasteiger partial charge on any atom is 0.222 e. The van der Waals surface area contributed by atoms with E-state index in [1.54, 1.807) is 10.7 Å². The van der Waals surface area contributed by atoms with Crippen LogP contribution >= 0.6 is 11.6 Å². The minimum absolute atomic E-state index is 0.568. The van der Waals surface area contributed by atoms with E-state index in [-0.39, 0.29) is 0 Å². The fourth-order valence-electron chi connectivity index (χ4n) is 2.03. The first-order chi connectivity index (χ1) is 10.1. The number of nitrogen functional groups attached to an aromatic ring is 1. The number of hydrogen-bond donors (Lipinski definition) is 1. The Morgan fingerprint density at radius 3 is 2.57 bits per heavy atom. The first-order valence-corrected chi connectivity index (χ1v) is 6.87. The van der Waals surface area contributed by atoms with Gasteiger partial charge in [-0.15, -0.1) is 0 Å². The number of rotatable bonds is 3. The zero-order valence-electron chi connectivity index (χ0n) is 11.5. The van der Waals surface area contributed by atoms with E-state index < -0.39 is 0 Å². The molecule has 5 heteroatoms. The van der Waals surface area contributed by atoms with Gasteiger partial charge < -0.3 is 10.5 Å². The van der Waals surface area contributed by atoms with Gasteiger partial charge in [0.2, 0.25) is 5.88 Å². The van der Waals surface area contributed by atoms with Crippen molar-refractivity contribution in [1.82, 2.24) is 9.78 Å². The second kappa shape index (κ2) is 5.50. The van der Waals surface area contributed by atoms with Crippen molar-refractivity contribution in [2.75, 3.05) is 5.73 Å². The summed E-state index contributed by atoms with van der Waals surface area (Å²) in [5.74, 6) is 1.16. The standard InChI is InChI=1S/C16H14ClN3O/c1-11-10-16(21-15-9-5-3-7-13(15)18)20(19-11)14-8-4-2-6-12(14)17/h2-10H,18H2,1H3. The van der Waals surface area contributed by atoms with Crippen molar-refractivity contribution in [3.05, 3.63) is 65.3 Å². The summed E-state index contributed by atoms with van der Waals surface area (Å²) in [6.07, 6.45) is 0. The molecule has 2 N–H and O–H groups in total. The minimum atomic E-state index is 0.568. The predicted molar refractivity (Wildman–Crippen MR) is 84.2 cm³/mol. The molecule has 1 heterocycles. The highest BCUT2D eigenvalue weighted by atomic mass is 35.5. The van der Waals surface area contributed by atoms with Crippen LogP contribution in [0, 0.1) is 6.92 Å². The van der Waals surface area contributed by atoms with Crippen molar-refractivity contribution >= 4 is 17.3 Å². The molecule has 21 heavy (non-hydrogen) atoms. The highest BCUT2D eigenvalue weighted by Gasteiger charge is 2.13. The van der Waals surface area contributed by atoms with E-state index >= 15 is 0 Å². The molecule has 0 aliphatic carbocycles. The maximum atomic E-state index is 6.23. The van der Waals surface area contributed by atoms with Gasteiger partial charge >= 0.3 is 0 Å². The number of nitrogens with two attached hydrogens (primary N) is 1. The molecule has 0 bridgehead atoms. The lowest BCUT2D eigenvalue weighted by atomic mass is 10.3. The molecule has 4 nitrogen and oxygen atoms in total. The van der Waals surface area contributed by atoms with Gasteiger partial charge in [0.05, 0.1) is 22.1 Å². The van der Waals surface area contributed by atoms with Crippen LogP contribution in [0.5, 0.6) is 11.6 Å². The molecule has 0 saturated heterocycles. The molecule has 0 aliphatic heterocycles. The van der Waals surface area contributed by atoms with Gasteiger partial charge in [0.1, 0.15) is 0 Å². The van der Waals surface area contributed by atoms with E-state index in [1.165, 1.54) is 0 Å². The zero-order valence-corrected chi connectivity index (χ0v) is 12.2. The number of nitrogens with zero attached hydrogens (tertiary/aromatic N) is 2. The lowest BCUT2D eigenvalue weighted by Crippen LogP contribution is -2.01. The summed E-state index contributed by atoms with van der Waals surface area (Å²) >= 11 is 6.23. The Morgan fingerprint density at radius 2 is 1.81 bits per heavy atom. The number of benzene rings is 2. The molecule has 1 aromatic heterocycles. The third-order valence-electron chi connectivity index (χ3n) is 3.01. The van der Waals surface area contributed by atoms with Crippen LogP contribution in [0.3, 0.4) is 0 Å². The smallest absolute Gasteiger partial charge is 0.222 e. The van der Waals surface area contributed by atoms with Gasteiger partial charge in [-0.2, -0.15) is 9.78 Å². The molecule has 0 radical (unpaired) electrons. The highest BCUT2D eigenvalue weighted by Crippen LogP contribution is 2.31. The third kappa shape index (κ3) is 2.71. The number of halogens is 1. The summed E-state index contributed by atoms with van der Waals surface area (Å²) in [4.78, 5) is 0.